The van der Waals surface area contributed by atoms with Gasteiger partial charge in [0.15, 0.2) is 17.6 Å². The molecule has 11 nitrogen and oxygen atoms in total. The second kappa shape index (κ2) is 26.9. The number of benzene rings is 5. The molecule has 21 heteroatoms. The second-order valence-corrected chi connectivity index (χ2v) is 14.7. The number of methoxy groups -OCH3 is 2. The highest BCUT2D eigenvalue weighted by Crippen LogP contribution is 2.35. The van der Waals surface area contributed by atoms with Crippen molar-refractivity contribution in [3.63, 3.8) is 0 Å². The van der Waals surface area contributed by atoms with Crippen molar-refractivity contribution in [1.29, 1.82) is 10.5 Å². The molecule has 5 aromatic rings. The molecule has 1 unspecified atom stereocenters. The molecule has 0 amide bonds. The summed E-state index contributed by atoms with van der Waals surface area (Å²) in [6, 6.07) is 24.1. The fraction of sp³-hybridized carbons (Fsp3) is 0.103. The summed E-state index contributed by atoms with van der Waals surface area (Å²) in [6.45, 7) is 1.42. The van der Waals surface area contributed by atoms with Gasteiger partial charge in [-0.2, -0.15) is 10.5 Å². The number of nitrogens with zero attached hydrogens (tertiary/aromatic N) is 2. The van der Waals surface area contributed by atoms with Crippen LogP contribution in [0.3, 0.4) is 0 Å². The Hall–Kier alpha value is -4.21. The Kier molecular flexibility index (Phi) is 24.1. The van der Waals surface area contributed by atoms with E-state index in [1.807, 2.05) is 12.1 Å². The van der Waals surface area contributed by atoms with E-state index in [9.17, 15) is 14.4 Å². The molecule has 3 N–H and O–H groups in total. The fourth-order valence-corrected chi connectivity index (χ4v) is 6.23. The number of nitriles is 2. The topological polar surface area (TPSA) is 187 Å². The lowest BCUT2D eigenvalue weighted by Crippen LogP contribution is -2.22. The number of carbonyl (C=O) groups is 3. The molecule has 0 radical (unpaired) electrons. The van der Waals surface area contributed by atoms with Crippen LogP contribution in [0.5, 0.6) is 17.2 Å². The van der Waals surface area contributed by atoms with Crippen molar-refractivity contribution in [1.82, 2.24) is 0 Å². The molecule has 0 aliphatic rings. The summed E-state index contributed by atoms with van der Waals surface area (Å²) in [7, 11) is 2.67. The molecule has 5 rings (SSSR count). The molecule has 0 fully saturated rings. The highest BCUT2D eigenvalue weighted by molar-refractivity contribution is 6.39. The van der Waals surface area contributed by atoms with Crippen LogP contribution in [0, 0.1) is 22.7 Å². The van der Waals surface area contributed by atoms with Gasteiger partial charge in [0.25, 0.3) is 0 Å². The minimum Gasteiger partial charge on any atom is -0.494 e. The van der Waals surface area contributed by atoms with Crippen molar-refractivity contribution in [3.8, 4) is 29.4 Å². The number of carboxylic acid groups (broad SMARTS) is 3. The molecule has 0 bridgehead atoms. The Balaban J connectivity index is 0.000000377. The predicted octanol–water partition coefficient (Wildman–Crippen LogP) is 14.0. The van der Waals surface area contributed by atoms with Gasteiger partial charge in [-0.15, -0.1) is 0 Å². The number of hydrogen-bond acceptors (Lipinski definition) is 8. The molecule has 316 valence electrons. The van der Waals surface area contributed by atoms with E-state index in [1.165, 1.54) is 57.5 Å². The van der Waals surface area contributed by atoms with Gasteiger partial charge in [-0.3, -0.25) is 0 Å². The van der Waals surface area contributed by atoms with Gasteiger partial charge in [-0.05, 0) is 73.7 Å². The molecule has 0 aliphatic carbocycles. The van der Waals surface area contributed by atoms with Crippen LogP contribution in [-0.2, 0) is 4.79 Å². The summed E-state index contributed by atoms with van der Waals surface area (Å²) in [4.78, 5) is 31.9. The summed E-state index contributed by atoms with van der Waals surface area (Å²) in [5.74, 6) is -2.89. The zero-order chi connectivity index (χ0) is 45.9. The van der Waals surface area contributed by atoms with Crippen molar-refractivity contribution >= 4 is 134 Å². The third-order valence-electron chi connectivity index (χ3n) is 6.65. The van der Waals surface area contributed by atoms with Crippen molar-refractivity contribution in [2.24, 2.45) is 0 Å². The highest BCUT2D eigenvalue weighted by atomic mass is 35.5. The smallest absolute Gasteiger partial charge is 0.344 e. The van der Waals surface area contributed by atoms with Crippen LogP contribution in [0.2, 0.25) is 50.2 Å². The monoisotopic (exact) mass is 1020 g/mol. The number of hydrogen-bond donors (Lipinski definition) is 3. The van der Waals surface area contributed by atoms with Gasteiger partial charge in [0.1, 0.15) is 29.0 Å². The van der Waals surface area contributed by atoms with Crippen LogP contribution in [0.15, 0.2) is 78.9 Å². The van der Waals surface area contributed by atoms with Gasteiger partial charge >= 0.3 is 17.9 Å². The maximum Gasteiger partial charge on any atom is 0.344 e. The van der Waals surface area contributed by atoms with E-state index < -0.39 is 24.0 Å². The van der Waals surface area contributed by atoms with Gasteiger partial charge in [0, 0.05) is 5.02 Å². The lowest BCUT2D eigenvalue weighted by atomic mass is 10.2. The molecule has 1 atom stereocenters. The molecule has 5 aromatic carbocycles. The Labute approximate surface area is 393 Å². The zero-order valence-electron chi connectivity index (χ0n) is 30.5. The standard InChI is InChI=1S/C9H8Cl2O3.2C8H6Cl2O3.2C7H3Cl2N/c1-5(9(12)13)14-8-3-2-6(10)4-7(8)11;2*1-13-7-5(10)3-2-4(9)6(7)8(11)12;2*8-6-2-1-3-7(9)5(6)4-10/h2-5H,1H3,(H,12,13);2*2-3H,1H3,(H,11,12);2*1-3H. The second-order valence-electron chi connectivity index (χ2n) is 10.6. The maximum absolute atomic E-state index is 10.7. The zero-order valence-corrected chi connectivity index (χ0v) is 38.1. The first-order chi connectivity index (χ1) is 28.2. The molecular formula is C39H26Cl10N2O9. The van der Waals surface area contributed by atoms with Crippen molar-refractivity contribution in [2.45, 2.75) is 13.0 Å². The molecule has 0 heterocycles. The van der Waals surface area contributed by atoms with Gasteiger partial charge in [-0.25, -0.2) is 14.4 Å². The number of aliphatic carboxylic acids is 1. The van der Waals surface area contributed by atoms with Crippen LogP contribution in [0.25, 0.3) is 0 Å². The van der Waals surface area contributed by atoms with E-state index in [0.29, 0.717) is 47.0 Å². The molecule has 0 saturated heterocycles. The Morgan fingerprint density at radius 3 is 1.13 bits per heavy atom. The molecule has 0 aliphatic heterocycles. The summed E-state index contributed by atoms with van der Waals surface area (Å²) < 4.78 is 14.7. The minimum absolute atomic E-state index is 0.0849. The van der Waals surface area contributed by atoms with Gasteiger partial charge in [0.2, 0.25) is 0 Å². The molecular weight excluding hydrogens is 995 g/mol. The summed E-state index contributed by atoms with van der Waals surface area (Å²) in [5, 5.41) is 46.1. The average molecular weight is 1020 g/mol. The average Bonchev–Trinajstić information content (AvgIpc) is 3.18. The minimum atomic E-state index is -1.16. The normalized spacial score (nSPS) is 10.1. The Morgan fingerprint density at radius 2 is 0.883 bits per heavy atom. The summed E-state index contributed by atoms with van der Waals surface area (Å²) >= 11 is 56.6. The maximum atomic E-state index is 10.7. The van der Waals surface area contributed by atoms with Crippen LogP contribution in [0.4, 0.5) is 0 Å². The van der Waals surface area contributed by atoms with E-state index in [0.717, 1.165) is 0 Å². The lowest BCUT2D eigenvalue weighted by Gasteiger charge is -2.11. The first kappa shape index (κ1) is 53.8. The molecule has 60 heavy (non-hydrogen) atoms. The lowest BCUT2D eigenvalue weighted by molar-refractivity contribution is -0.144. The summed E-state index contributed by atoms with van der Waals surface area (Å²) in [6.07, 6.45) is -0.936. The van der Waals surface area contributed by atoms with E-state index in [2.05, 4.69) is 0 Å². The number of halogens is 10. The molecule has 0 aromatic heterocycles. The fourth-order valence-electron chi connectivity index (χ4n) is 3.89. The van der Waals surface area contributed by atoms with Gasteiger partial charge in [-0.1, -0.05) is 128 Å². The summed E-state index contributed by atoms with van der Waals surface area (Å²) in [5.41, 5.74) is 0.449. The number of ether oxygens (including phenoxy) is 3. The Bertz CT molecular complexity index is 2230. The number of rotatable bonds is 7. The van der Waals surface area contributed by atoms with Crippen molar-refractivity contribution < 1.29 is 43.9 Å². The number of carboxylic acids is 3. The van der Waals surface area contributed by atoms with Gasteiger partial charge in [0.05, 0.1) is 70.6 Å². The SMILES string of the molecule is CC(Oc1ccc(Cl)cc1Cl)C(=O)O.COc1c(Cl)ccc(Cl)c1C(=O)O.COc1c(Cl)ccc(Cl)c1C(=O)O.N#Cc1c(Cl)cccc1Cl.N#Cc1c(Cl)cccc1Cl. The van der Waals surface area contributed by atoms with Crippen LogP contribution >= 0.6 is 116 Å². The molecule has 0 saturated carbocycles. The van der Waals surface area contributed by atoms with Gasteiger partial charge < -0.3 is 29.5 Å². The largest absolute Gasteiger partial charge is 0.494 e. The number of aromatic carboxylic acids is 2. The van der Waals surface area contributed by atoms with E-state index in [4.69, 9.17) is 156 Å². The molecule has 0 spiro atoms. The predicted molar refractivity (Wildman–Crippen MR) is 236 cm³/mol. The third kappa shape index (κ3) is 16.7. The van der Waals surface area contributed by atoms with Crippen LogP contribution in [0.1, 0.15) is 38.8 Å². The van der Waals surface area contributed by atoms with Crippen molar-refractivity contribution in [3.05, 3.63) is 151 Å². The first-order valence-electron chi connectivity index (χ1n) is 15.7. The first-order valence-corrected chi connectivity index (χ1v) is 19.5. The van der Waals surface area contributed by atoms with E-state index in [1.54, 1.807) is 42.5 Å². The Morgan fingerprint density at radius 1 is 0.533 bits per heavy atom. The third-order valence-corrected chi connectivity index (χ3v) is 9.66. The van der Waals surface area contributed by atoms with Crippen LogP contribution < -0.4 is 14.2 Å². The quantitative estimate of drug-likeness (QED) is 0.141. The van der Waals surface area contributed by atoms with Crippen LogP contribution in [-0.4, -0.2) is 53.6 Å². The highest BCUT2D eigenvalue weighted by Gasteiger charge is 2.19. The van der Waals surface area contributed by atoms with E-state index in [-0.39, 0.29) is 42.7 Å². The van der Waals surface area contributed by atoms with E-state index >= 15 is 0 Å². The van der Waals surface area contributed by atoms with Crippen molar-refractivity contribution in [2.75, 3.05) is 14.2 Å².